The fourth-order valence-corrected chi connectivity index (χ4v) is 1.89. The monoisotopic (exact) mass is 267 g/mol. The summed E-state index contributed by atoms with van der Waals surface area (Å²) in [5.41, 5.74) is 3.27. The van der Waals surface area contributed by atoms with Crippen LogP contribution in [0.1, 0.15) is 30.5 Å². The van der Waals surface area contributed by atoms with E-state index < -0.39 is 5.43 Å². The zero-order valence-corrected chi connectivity index (χ0v) is 12.1. The Morgan fingerprint density at radius 2 is 1.72 bits per heavy atom. The molecule has 0 saturated heterocycles. The Labute approximate surface area is 113 Å². The molecule has 1 aromatic rings. The van der Waals surface area contributed by atoms with Crippen molar-refractivity contribution in [1.82, 2.24) is 0 Å². The van der Waals surface area contributed by atoms with Crippen molar-refractivity contribution in [2.75, 3.05) is 0 Å². The zero-order valence-electron chi connectivity index (χ0n) is 11.4. The molecule has 4 heteroatoms. The van der Waals surface area contributed by atoms with Crippen molar-refractivity contribution in [2.24, 2.45) is 10.9 Å². The van der Waals surface area contributed by atoms with Crippen LogP contribution >= 0.6 is 11.6 Å². The Kier molecular flexibility index (Phi) is 4.91. The summed E-state index contributed by atoms with van der Waals surface area (Å²) in [5, 5.41) is 0. The van der Waals surface area contributed by atoms with Crippen molar-refractivity contribution in [3.63, 3.8) is 0 Å². The zero-order chi connectivity index (χ0) is 13.9. The lowest BCUT2D eigenvalue weighted by atomic mass is 10.1. The van der Waals surface area contributed by atoms with Crippen LogP contribution in [-0.2, 0) is 4.74 Å². The first-order chi connectivity index (χ1) is 8.31. The largest absolute Gasteiger partial charge is 0.410 e. The molecule has 0 aromatic heterocycles. The molecule has 1 aromatic carbocycles. The van der Waals surface area contributed by atoms with E-state index in [9.17, 15) is 4.79 Å². The van der Waals surface area contributed by atoms with E-state index >= 15 is 0 Å². The minimum atomic E-state index is -0.857. The number of aryl methyl sites for hydroxylation is 3. The highest BCUT2D eigenvalue weighted by Gasteiger charge is 2.13. The number of nitrogens with zero attached hydrogens (tertiary/aromatic N) is 1. The van der Waals surface area contributed by atoms with Gasteiger partial charge in [-0.3, -0.25) is 0 Å². The van der Waals surface area contributed by atoms with Gasteiger partial charge in [-0.2, -0.15) is 0 Å². The lowest BCUT2D eigenvalue weighted by Gasteiger charge is -2.11. The number of benzene rings is 1. The van der Waals surface area contributed by atoms with E-state index in [1.54, 1.807) is 0 Å². The number of rotatable bonds is 2. The molecule has 0 fully saturated rings. The first kappa shape index (κ1) is 14.7. The summed E-state index contributed by atoms with van der Waals surface area (Å²) < 4.78 is 4.93. The number of carbonyl (C=O) groups is 1. The Balaban J connectivity index is 3.23. The van der Waals surface area contributed by atoms with Crippen LogP contribution < -0.4 is 0 Å². The molecule has 3 nitrogen and oxygen atoms in total. The molecule has 0 N–H and O–H groups in total. The van der Waals surface area contributed by atoms with Gasteiger partial charge in [-0.25, -0.2) is 9.79 Å². The maximum Gasteiger partial charge on any atom is 0.410 e. The van der Waals surface area contributed by atoms with Gasteiger partial charge in [0.2, 0.25) is 5.90 Å². The van der Waals surface area contributed by atoms with Crippen LogP contribution in [0.15, 0.2) is 17.1 Å². The topological polar surface area (TPSA) is 38.7 Å². The van der Waals surface area contributed by atoms with Crippen LogP contribution in [0.2, 0.25) is 0 Å². The Bertz CT molecular complexity index is 470. The molecule has 98 valence electrons. The molecule has 0 unspecified atom stereocenters. The summed E-state index contributed by atoms with van der Waals surface area (Å²) in [4.78, 5) is 15.3. The summed E-state index contributed by atoms with van der Waals surface area (Å²) in [6, 6.07) is 4.10. The lowest BCUT2D eigenvalue weighted by molar-refractivity contribution is 0.220. The Morgan fingerprint density at radius 3 is 2.11 bits per heavy atom. The van der Waals surface area contributed by atoms with Gasteiger partial charge in [-0.15, -0.1) is 0 Å². The van der Waals surface area contributed by atoms with E-state index in [0.717, 1.165) is 16.8 Å². The van der Waals surface area contributed by atoms with E-state index in [1.807, 2.05) is 46.8 Å². The normalized spacial score (nSPS) is 11.8. The average Bonchev–Trinajstić information content (AvgIpc) is 2.20. The summed E-state index contributed by atoms with van der Waals surface area (Å²) in [7, 11) is 0. The van der Waals surface area contributed by atoms with Crippen LogP contribution in [0.3, 0.4) is 0 Å². The van der Waals surface area contributed by atoms with E-state index in [1.165, 1.54) is 5.56 Å². The number of hydrogen-bond donors (Lipinski definition) is 0. The maximum atomic E-state index is 10.8. The quantitative estimate of drug-likeness (QED) is 0.444. The molecule has 0 atom stereocenters. The summed E-state index contributed by atoms with van der Waals surface area (Å²) >= 11 is 5.25. The number of hydrogen-bond acceptors (Lipinski definition) is 3. The number of ether oxygens (including phenoxy) is 1. The highest BCUT2D eigenvalue weighted by molar-refractivity contribution is 6.62. The van der Waals surface area contributed by atoms with Crippen molar-refractivity contribution in [2.45, 2.75) is 34.6 Å². The van der Waals surface area contributed by atoms with Gasteiger partial charge in [0.25, 0.3) is 0 Å². The highest BCUT2D eigenvalue weighted by atomic mass is 35.5. The van der Waals surface area contributed by atoms with Crippen LogP contribution in [0.25, 0.3) is 0 Å². The van der Waals surface area contributed by atoms with Crippen molar-refractivity contribution >= 4 is 28.6 Å². The van der Waals surface area contributed by atoms with Crippen LogP contribution in [-0.4, -0.2) is 11.3 Å². The van der Waals surface area contributed by atoms with Gasteiger partial charge in [-0.05, 0) is 31.9 Å². The first-order valence-corrected chi connectivity index (χ1v) is 6.22. The molecule has 0 heterocycles. The smallest absolute Gasteiger partial charge is 0.399 e. The predicted molar refractivity (Wildman–Crippen MR) is 74.9 cm³/mol. The maximum absolute atomic E-state index is 10.8. The van der Waals surface area contributed by atoms with Crippen LogP contribution in [0.4, 0.5) is 10.5 Å². The Hall–Kier alpha value is -1.35. The summed E-state index contributed by atoms with van der Waals surface area (Å²) in [5.74, 6) is 0.331. The molecule has 0 bridgehead atoms. The number of halogens is 1. The van der Waals surface area contributed by atoms with E-state index in [-0.39, 0.29) is 5.92 Å². The fraction of sp³-hybridized carbons (Fsp3) is 0.429. The number of carbonyl (C=O) groups excluding carboxylic acids is 1. The lowest BCUT2D eigenvalue weighted by Crippen LogP contribution is -2.13. The second-order valence-electron chi connectivity index (χ2n) is 4.69. The predicted octanol–water partition coefficient (Wildman–Crippen LogP) is 4.67. The first-order valence-electron chi connectivity index (χ1n) is 5.85. The van der Waals surface area contributed by atoms with Gasteiger partial charge in [-0.1, -0.05) is 31.5 Å². The van der Waals surface area contributed by atoms with E-state index in [2.05, 4.69) is 4.99 Å². The third-order valence-electron chi connectivity index (χ3n) is 2.54. The summed E-state index contributed by atoms with van der Waals surface area (Å²) in [6.45, 7) is 9.81. The second-order valence-corrected chi connectivity index (χ2v) is 5.00. The van der Waals surface area contributed by atoms with Gasteiger partial charge < -0.3 is 4.74 Å². The third-order valence-corrected chi connectivity index (χ3v) is 2.61. The van der Waals surface area contributed by atoms with Crippen molar-refractivity contribution in [3.8, 4) is 0 Å². The van der Waals surface area contributed by atoms with Gasteiger partial charge in [0, 0.05) is 17.5 Å². The number of aliphatic imine (C=N–C) groups is 1. The van der Waals surface area contributed by atoms with Crippen LogP contribution in [0.5, 0.6) is 0 Å². The summed E-state index contributed by atoms with van der Waals surface area (Å²) in [6.07, 6.45) is 0. The van der Waals surface area contributed by atoms with E-state index in [4.69, 9.17) is 16.3 Å². The van der Waals surface area contributed by atoms with Gasteiger partial charge >= 0.3 is 5.43 Å². The van der Waals surface area contributed by atoms with E-state index in [0.29, 0.717) is 5.90 Å². The molecule has 1 rings (SSSR count). The van der Waals surface area contributed by atoms with Crippen molar-refractivity contribution in [1.29, 1.82) is 0 Å². The van der Waals surface area contributed by atoms with Crippen LogP contribution in [0, 0.1) is 26.7 Å². The van der Waals surface area contributed by atoms with Crippen molar-refractivity contribution < 1.29 is 9.53 Å². The molecular weight excluding hydrogens is 250 g/mol. The fourth-order valence-electron chi connectivity index (χ4n) is 1.81. The molecule has 18 heavy (non-hydrogen) atoms. The third kappa shape index (κ3) is 3.84. The standard InChI is InChI=1S/C14H18ClNO2/c1-8(2)13(18-14(15)17)16-12-10(4)6-9(3)7-11(12)5/h6-8H,1-5H3. The molecular formula is C14H18ClNO2. The average molecular weight is 268 g/mol. The molecule has 0 radical (unpaired) electrons. The molecule has 0 saturated carbocycles. The minimum Gasteiger partial charge on any atom is -0.399 e. The molecule has 0 amide bonds. The molecule has 0 aliphatic rings. The molecule has 0 spiro atoms. The minimum absolute atomic E-state index is 0.00666. The molecule has 0 aliphatic carbocycles. The Morgan fingerprint density at radius 1 is 1.22 bits per heavy atom. The van der Waals surface area contributed by atoms with Gasteiger partial charge in [0.1, 0.15) is 0 Å². The second kappa shape index (κ2) is 6.01. The molecule has 0 aliphatic heterocycles. The SMILES string of the molecule is Cc1cc(C)c(N=C(OC(=O)Cl)C(C)C)c(C)c1. The van der Waals surface area contributed by atoms with Crippen molar-refractivity contribution in [3.05, 3.63) is 28.8 Å². The van der Waals surface area contributed by atoms with Gasteiger partial charge in [0.05, 0.1) is 5.69 Å². The highest BCUT2D eigenvalue weighted by Crippen LogP contribution is 2.26. The van der Waals surface area contributed by atoms with Gasteiger partial charge in [0.15, 0.2) is 0 Å².